The number of hydrogen-bond donors (Lipinski definition) is 0. The quantitative estimate of drug-likeness (QED) is 0.0199. The lowest BCUT2D eigenvalue weighted by Crippen LogP contribution is -2.30. The van der Waals surface area contributed by atoms with Crippen molar-refractivity contribution in [1.82, 2.24) is 0 Å². The van der Waals surface area contributed by atoms with Crippen LogP contribution in [0.3, 0.4) is 0 Å². The monoisotopic (exact) mass is 913 g/mol. The predicted molar refractivity (Wildman–Crippen MR) is 283 cm³/mol. The number of unbranched alkanes of at least 4 members (excludes halogenated alkanes) is 18. The summed E-state index contributed by atoms with van der Waals surface area (Å²) in [6.45, 7) is 6.29. The average Bonchev–Trinajstić information content (AvgIpc) is 3.31. The highest BCUT2D eigenvalue weighted by Crippen LogP contribution is 2.14. The summed E-state index contributed by atoms with van der Waals surface area (Å²) in [6.07, 6.45) is 73.3. The Morgan fingerprint density at radius 1 is 0.333 bits per heavy atom. The van der Waals surface area contributed by atoms with E-state index in [9.17, 15) is 14.4 Å². The zero-order valence-electron chi connectivity index (χ0n) is 42.4. The highest BCUT2D eigenvalue weighted by Gasteiger charge is 2.19. The Kier molecular flexibility index (Phi) is 50.0. The third-order valence-corrected chi connectivity index (χ3v) is 10.8. The summed E-state index contributed by atoms with van der Waals surface area (Å²) in [4.78, 5) is 38.0. The molecule has 0 fully saturated rings. The first-order chi connectivity index (χ1) is 32.5. The van der Waals surface area contributed by atoms with Crippen LogP contribution >= 0.6 is 0 Å². The number of allylic oxidation sites excluding steroid dienone is 20. The first kappa shape index (κ1) is 61.8. The SMILES string of the molecule is CC\C=C/C=C\C=C/C=C\CCCCCCCC(=O)OC(COC(=O)CC/C=C\C/C=C\C/C=C\C/C=C\C/C=C\C/C=C\CC)COC(=O)CCCCCCCCCCCCCCCC. The highest BCUT2D eigenvalue weighted by molar-refractivity contribution is 5.71. The molecule has 1 atom stereocenters. The van der Waals surface area contributed by atoms with Crippen molar-refractivity contribution in [3.8, 4) is 0 Å². The van der Waals surface area contributed by atoms with Crippen molar-refractivity contribution in [2.45, 2.75) is 226 Å². The molecule has 0 heterocycles. The molecule has 0 radical (unpaired) electrons. The van der Waals surface area contributed by atoms with Gasteiger partial charge in [0.15, 0.2) is 6.10 Å². The van der Waals surface area contributed by atoms with Gasteiger partial charge in [-0.05, 0) is 77.0 Å². The normalized spacial score (nSPS) is 13.1. The Morgan fingerprint density at radius 2 is 0.697 bits per heavy atom. The van der Waals surface area contributed by atoms with E-state index in [0.717, 1.165) is 103 Å². The van der Waals surface area contributed by atoms with E-state index in [0.29, 0.717) is 12.8 Å². The minimum absolute atomic E-state index is 0.113. The van der Waals surface area contributed by atoms with Crippen molar-refractivity contribution < 1.29 is 28.6 Å². The van der Waals surface area contributed by atoms with E-state index in [1.807, 2.05) is 36.5 Å². The third-order valence-electron chi connectivity index (χ3n) is 10.8. The summed E-state index contributed by atoms with van der Waals surface area (Å²) >= 11 is 0. The molecule has 66 heavy (non-hydrogen) atoms. The Hall–Kier alpha value is -4.19. The van der Waals surface area contributed by atoms with E-state index in [4.69, 9.17) is 14.2 Å². The standard InChI is InChI=1S/C60H96O6/c1-4-7-10-13-16-19-22-25-28-29-30-31-33-35-38-41-44-47-50-53-59(62)65-56-57(55-64-58(61)52-49-46-43-40-37-34-27-24-21-18-15-12-9-6-3)66-60(63)54-51-48-45-42-39-36-32-26-23-20-17-14-11-8-5-2/h7-8,10-11,14,16-17,19-20,23,25-26,28,30-32,35,38,44,47,57H,4-6,9,12-13,15,18,21-22,24,27,29,33-34,36-37,39-43,45-46,48-56H2,1-3H3/b10-7-,11-8-,17-14-,19-16-,23-20-,28-25-,31-30-,32-26-,38-35-,47-44-. The number of rotatable bonds is 46. The summed E-state index contributed by atoms with van der Waals surface area (Å²) in [7, 11) is 0. The summed E-state index contributed by atoms with van der Waals surface area (Å²) < 4.78 is 16.7. The number of hydrogen-bond acceptors (Lipinski definition) is 6. The lowest BCUT2D eigenvalue weighted by atomic mass is 10.0. The molecule has 0 amide bonds. The second-order valence-electron chi connectivity index (χ2n) is 17.1. The molecule has 372 valence electrons. The van der Waals surface area contributed by atoms with Gasteiger partial charge in [-0.25, -0.2) is 0 Å². The average molecular weight is 913 g/mol. The molecule has 1 unspecified atom stereocenters. The first-order valence-corrected chi connectivity index (χ1v) is 26.6. The lowest BCUT2D eigenvalue weighted by Gasteiger charge is -2.18. The minimum Gasteiger partial charge on any atom is -0.462 e. The fourth-order valence-corrected chi connectivity index (χ4v) is 6.89. The van der Waals surface area contributed by atoms with Crippen LogP contribution < -0.4 is 0 Å². The van der Waals surface area contributed by atoms with Crippen LogP contribution in [0.15, 0.2) is 122 Å². The van der Waals surface area contributed by atoms with E-state index >= 15 is 0 Å². The van der Waals surface area contributed by atoms with Crippen LogP contribution in [0, 0.1) is 0 Å². The smallest absolute Gasteiger partial charge is 0.306 e. The molecule has 6 nitrogen and oxygen atoms in total. The maximum Gasteiger partial charge on any atom is 0.306 e. The molecule has 0 aliphatic heterocycles. The van der Waals surface area contributed by atoms with Crippen molar-refractivity contribution in [3.63, 3.8) is 0 Å². The van der Waals surface area contributed by atoms with Crippen LogP contribution in [0.25, 0.3) is 0 Å². The van der Waals surface area contributed by atoms with E-state index < -0.39 is 6.10 Å². The maximum atomic E-state index is 12.8. The fourth-order valence-electron chi connectivity index (χ4n) is 6.89. The van der Waals surface area contributed by atoms with Crippen LogP contribution in [0.4, 0.5) is 0 Å². The Morgan fingerprint density at radius 3 is 1.17 bits per heavy atom. The second-order valence-corrected chi connectivity index (χ2v) is 17.1. The molecular weight excluding hydrogens is 817 g/mol. The van der Waals surface area contributed by atoms with E-state index in [2.05, 4.69) is 106 Å². The van der Waals surface area contributed by atoms with E-state index in [1.165, 1.54) is 70.6 Å². The number of carbonyl (C=O) groups is 3. The van der Waals surface area contributed by atoms with Gasteiger partial charge in [0, 0.05) is 19.3 Å². The zero-order chi connectivity index (χ0) is 47.9. The van der Waals surface area contributed by atoms with Gasteiger partial charge >= 0.3 is 17.9 Å². The summed E-state index contributed by atoms with van der Waals surface area (Å²) in [5.41, 5.74) is 0. The molecule has 0 aliphatic rings. The van der Waals surface area contributed by atoms with Gasteiger partial charge in [-0.2, -0.15) is 0 Å². The molecule has 0 N–H and O–H groups in total. The highest BCUT2D eigenvalue weighted by atomic mass is 16.6. The molecular formula is C60H96O6. The molecule has 0 rings (SSSR count). The van der Waals surface area contributed by atoms with Crippen molar-refractivity contribution in [1.29, 1.82) is 0 Å². The Labute approximate surface area is 405 Å². The van der Waals surface area contributed by atoms with E-state index in [1.54, 1.807) is 0 Å². The van der Waals surface area contributed by atoms with Crippen molar-refractivity contribution in [3.05, 3.63) is 122 Å². The summed E-state index contributed by atoms with van der Waals surface area (Å²) in [5.74, 6) is -1.03. The first-order valence-electron chi connectivity index (χ1n) is 26.6. The van der Waals surface area contributed by atoms with Gasteiger partial charge in [0.25, 0.3) is 0 Å². The summed E-state index contributed by atoms with van der Waals surface area (Å²) in [5, 5.41) is 0. The summed E-state index contributed by atoms with van der Waals surface area (Å²) in [6, 6.07) is 0. The minimum atomic E-state index is -0.822. The van der Waals surface area contributed by atoms with Gasteiger partial charge in [0.1, 0.15) is 13.2 Å². The molecule has 0 saturated heterocycles. The lowest BCUT2D eigenvalue weighted by molar-refractivity contribution is -0.166. The molecule has 0 saturated carbocycles. The van der Waals surface area contributed by atoms with Gasteiger partial charge < -0.3 is 14.2 Å². The number of carbonyl (C=O) groups excluding carboxylic acids is 3. The Bertz CT molecular complexity index is 1420. The van der Waals surface area contributed by atoms with Crippen LogP contribution in [0.2, 0.25) is 0 Å². The van der Waals surface area contributed by atoms with Gasteiger partial charge in [0.2, 0.25) is 0 Å². The van der Waals surface area contributed by atoms with Crippen LogP contribution in [0.1, 0.15) is 220 Å². The molecule has 0 aromatic carbocycles. The number of esters is 3. The Balaban J connectivity index is 4.55. The van der Waals surface area contributed by atoms with Crippen LogP contribution in [-0.2, 0) is 28.6 Å². The van der Waals surface area contributed by atoms with Crippen molar-refractivity contribution >= 4 is 17.9 Å². The van der Waals surface area contributed by atoms with Crippen LogP contribution in [-0.4, -0.2) is 37.2 Å². The van der Waals surface area contributed by atoms with E-state index in [-0.39, 0.29) is 44.0 Å². The molecule has 0 aromatic rings. The molecule has 0 aliphatic carbocycles. The maximum absolute atomic E-state index is 12.8. The molecule has 0 aromatic heterocycles. The van der Waals surface area contributed by atoms with Gasteiger partial charge in [0.05, 0.1) is 0 Å². The van der Waals surface area contributed by atoms with Gasteiger partial charge in [-0.3, -0.25) is 14.4 Å². The second kappa shape index (κ2) is 53.4. The zero-order valence-corrected chi connectivity index (χ0v) is 42.4. The topological polar surface area (TPSA) is 78.9 Å². The molecule has 6 heteroatoms. The van der Waals surface area contributed by atoms with Crippen molar-refractivity contribution in [2.75, 3.05) is 13.2 Å². The fraction of sp³-hybridized carbons (Fsp3) is 0.617. The largest absolute Gasteiger partial charge is 0.462 e. The van der Waals surface area contributed by atoms with Crippen LogP contribution in [0.5, 0.6) is 0 Å². The van der Waals surface area contributed by atoms with Gasteiger partial charge in [-0.15, -0.1) is 0 Å². The number of ether oxygens (including phenoxy) is 3. The third kappa shape index (κ3) is 50.8. The molecule has 0 bridgehead atoms. The predicted octanol–water partition coefficient (Wildman–Crippen LogP) is 17.7. The molecule has 0 spiro atoms. The van der Waals surface area contributed by atoms with Gasteiger partial charge in [-0.1, -0.05) is 245 Å². The van der Waals surface area contributed by atoms with Crippen molar-refractivity contribution in [2.24, 2.45) is 0 Å².